The number of aromatic amines is 1. The molecule has 0 unspecified atom stereocenters. The molecule has 0 radical (unpaired) electrons. The summed E-state index contributed by atoms with van der Waals surface area (Å²) in [4.78, 5) is 29.2. The van der Waals surface area contributed by atoms with Crippen LogP contribution in [0.15, 0.2) is 16.9 Å². The molecule has 26 heavy (non-hydrogen) atoms. The average Bonchev–Trinajstić information content (AvgIpc) is 3.10. The normalized spacial score (nSPS) is 21.0. The number of nitrogens with zero attached hydrogens (tertiary/aromatic N) is 2. The Hall–Kier alpha value is -2.16. The summed E-state index contributed by atoms with van der Waals surface area (Å²) >= 11 is 0. The van der Waals surface area contributed by atoms with Gasteiger partial charge in [0, 0.05) is 23.2 Å². The SMILES string of the molecule is C[C@H](NC(=O)[C@@H]1CCS(=O)(=O)C1)c1cc(=O)n2[nH]c(C(C)(C)C)cc2n1. The fourth-order valence-corrected chi connectivity index (χ4v) is 4.76. The highest BCUT2D eigenvalue weighted by Gasteiger charge is 2.33. The second-order valence-corrected chi connectivity index (χ2v) is 10.2. The molecule has 142 valence electrons. The molecule has 1 aliphatic rings. The fraction of sp³-hybridized carbons (Fsp3) is 0.588. The number of hydrogen-bond acceptors (Lipinski definition) is 5. The molecule has 2 atom stereocenters. The van der Waals surface area contributed by atoms with Gasteiger partial charge in [0.05, 0.1) is 29.2 Å². The van der Waals surface area contributed by atoms with E-state index >= 15 is 0 Å². The van der Waals surface area contributed by atoms with Crippen molar-refractivity contribution < 1.29 is 13.2 Å². The van der Waals surface area contributed by atoms with Gasteiger partial charge < -0.3 is 5.32 Å². The van der Waals surface area contributed by atoms with E-state index in [1.807, 2.05) is 26.8 Å². The van der Waals surface area contributed by atoms with Crippen molar-refractivity contribution in [3.8, 4) is 0 Å². The zero-order valence-corrected chi connectivity index (χ0v) is 16.2. The summed E-state index contributed by atoms with van der Waals surface area (Å²) in [7, 11) is -3.12. The van der Waals surface area contributed by atoms with Crippen LogP contribution in [-0.2, 0) is 20.0 Å². The minimum atomic E-state index is -3.12. The lowest BCUT2D eigenvalue weighted by atomic mass is 9.93. The Morgan fingerprint density at radius 1 is 1.38 bits per heavy atom. The number of H-pyrrole nitrogens is 1. The summed E-state index contributed by atoms with van der Waals surface area (Å²) < 4.78 is 24.4. The van der Waals surface area contributed by atoms with E-state index in [0.717, 1.165) is 5.69 Å². The van der Waals surface area contributed by atoms with Crippen molar-refractivity contribution in [2.24, 2.45) is 5.92 Å². The van der Waals surface area contributed by atoms with Crippen molar-refractivity contribution in [3.05, 3.63) is 33.9 Å². The molecule has 1 aliphatic heterocycles. The van der Waals surface area contributed by atoms with Crippen LogP contribution in [0.1, 0.15) is 51.5 Å². The number of rotatable bonds is 3. The Kier molecular flexibility index (Phi) is 4.46. The highest BCUT2D eigenvalue weighted by Crippen LogP contribution is 2.22. The summed E-state index contributed by atoms with van der Waals surface area (Å²) in [5, 5.41) is 5.83. The molecular formula is C17H24N4O4S. The highest BCUT2D eigenvalue weighted by molar-refractivity contribution is 7.91. The molecule has 0 aliphatic carbocycles. The van der Waals surface area contributed by atoms with Crippen LogP contribution in [0.4, 0.5) is 0 Å². The molecule has 3 heterocycles. The van der Waals surface area contributed by atoms with Crippen molar-refractivity contribution in [2.75, 3.05) is 11.5 Å². The van der Waals surface area contributed by atoms with Crippen molar-refractivity contribution in [1.82, 2.24) is 19.9 Å². The van der Waals surface area contributed by atoms with Crippen LogP contribution in [0, 0.1) is 5.92 Å². The summed E-state index contributed by atoms with van der Waals surface area (Å²) in [6.07, 6.45) is 0.336. The lowest BCUT2D eigenvalue weighted by molar-refractivity contribution is -0.124. The molecule has 8 nitrogen and oxygen atoms in total. The lowest BCUT2D eigenvalue weighted by Gasteiger charge is -2.16. The number of fused-ring (bicyclic) bond motifs is 1. The summed E-state index contributed by atoms with van der Waals surface area (Å²) in [5.41, 5.74) is 1.40. The van der Waals surface area contributed by atoms with Gasteiger partial charge >= 0.3 is 0 Å². The number of carbonyl (C=O) groups is 1. The third-order valence-electron chi connectivity index (χ3n) is 4.68. The Bertz CT molecular complexity index is 1010. The summed E-state index contributed by atoms with van der Waals surface area (Å²) in [6, 6.07) is 2.71. The lowest BCUT2D eigenvalue weighted by Crippen LogP contribution is -2.34. The Morgan fingerprint density at radius 2 is 2.08 bits per heavy atom. The Labute approximate surface area is 151 Å². The van der Waals surface area contributed by atoms with Gasteiger partial charge in [-0.1, -0.05) is 20.8 Å². The number of aromatic nitrogens is 3. The first kappa shape index (κ1) is 18.6. The van der Waals surface area contributed by atoms with E-state index in [4.69, 9.17) is 0 Å². The van der Waals surface area contributed by atoms with Gasteiger partial charge in [-0.3, -0.25) is 14.7 Å². The summed E-state index contributed by atoms with van der Waals surface area (Å²) in [5.74, 6) is -0.922. The minimum Gasteiger partial charge on any atom is -0.348 e. The topological polar surface area (TPSA) is 113 Å². The molecule has 2 N–H and O–H groups in total. The van der Waals surface area contributed by atoms with Gasteiger partial charge in [0.2, 0.25) is 5.91 Å². The zero-order chi connectivity index (χ0) is 19.3. The van der Waals surface area contributed by atoms with E-state index in [0.29, 0.717) is 17.8 Å². The first-order valence-corrected chi connectivity index (χ1v) is 10.4. The van der Waals surface area contributed by atoms with E-state index in [-0.39, 0.29) is 28.4 Å². The molecule has 1 saturated heterocycles. The average molecular weight is 380 g/mol. The van der Waals surface area contributed by atoms with E-state index in [1.54, 1.807) is 6.92 Å². The molecule has 0 spiro atoms. The van der Waals surface area contributed by atoms with Crippen molar-refractivity contribution in [1.29, 1.82) is 0 Å². The van der Waals surface area contributed by atoms with Crippen LogP contribution in [-0.4, -0.2) is 40.4 Å². The van der Waals surface area contributed by atoms with Crippen LogP contribution < -0.4 is 10.9 Å². The van der Waals surface area contributed by atoms with Gasteiger partial charge in [-0.15, -0.1) is 0 Å². The highest BCUT2D eigenvalue weighted by atomic mass is 32.2. The maximum absolute atomic E-state index is 12.4. The van der Waals surface area contributed by atoms with Crippen LogP contribution in [0.2, 0.25) is 0 Å². The van der Waals surface area contributed by atoms with E-state index in [9.17, 15) is 18.0 Å². The van der Waals surface area contributed by atoms with E-state index in [1.165, 1.54) is 10.6 Å². The molecular weight excluding hydrogens is 356 g/mol. The van der Waals surface area contributed by atoms with Crippen LogP contribution in [0.5, 0.6) is 0 Å². The predicted molar refractivity (Wildman–Crippen MR) is 97.8 cm³/mol. The van der Waals surface area contributed by atoms with E-state index in [2.05, 4.69) is 15.4 Å². The Morgan fingerprint density at radius 3 is 2.65 bits per heavy atom. The van der Waals surface area contributed by atoms with Crippen molar-refractivity contribution in [2.45, 2.75) is 45.6 Å². The number of hydrogen-bond donors (Lipinski definition) is 2. The second-order valence-electron chi connectivity index (χ2n) is 7.96. The van der Waals surface area contributed by atoms with Gasteiger partial charge in [0.25, 0.3) is 5.56 Å². The van der Waals surface area contributed by atoms with Crippen LogP contribution >= 0.6 is 0 Å². The number of nitrogens with one attached hydrogen (secondary N) is 2. The third-order valence-corrected chi connectivity index (χ3v) is 6.45. The number of carbonyl (C=O) groups excluding carboxylic acids is 1. The zero-order valence-electron chi connectivity index (χ0n) is 15.4. The molecule has 2 aromatic heterocycles. The Balaban J connectivity index is 1.83. The maximum Gasteiger partial charge on any atom is 0.272 e. The molecule has 1 amide bonds. The largest absolute Gasteiger partial charge is 0.348 e. The molecule has 2 aromatic rings. The first-order valence-electron chi connectivity index (χ1n) is 8.60. The smallest absolute Gasteiger partial charge is 0.272 e. The standard InChI is InChI=1S/C17H24N4O4S/c1-10(18-16(23)11-5-6-26(24,25)9-11)12-7-15(22)21-14(19-12)8-13(20-21)17(2,3)4/h7-8,10-11,20H,5-6,9H2,1-4H3,(H,18,23)/t10-,11+/m0/s1. The van der Waals surface area contributed by atoms with Crippen molar-refractivity contribution >= 4 is 21.4 Å². The van der Waals surface area contributed by atoms with Gasteiger partial charge in [0.15, 0.2) is 15.5 Å². The molecule has 0 aromatic carbocycles. The molecule has 3 rings (SSSR count). The third kappa shape index (κ3) is 3.67. The quantitative estimate of drug-likeness (QED) is 0.822. The van der Waals surface area contributed by atoms with Crippen molar-refractivity contribution in [3.63, 3.8) is 0 Å². The first-order chi connectivity index (χ1) is 12.0. The molecule has 9 heteroatoms. The van der Waals surface area contributed by atoms with Crippen LogP contribution in [0.3, 0.4) is 0 Å². The number of amides is 1. The predicted octanol–water partition coefficient (Wildman–Crippen LogP) is 0.932. The van der Waals surface area contributed by atoms with Crippen LogP contribution in [0.25, 0.3) is 5.65 Å². The monoisotopic (exact) mass is 380 g/mol. The second kappa shape index (κ2) is 6.22. The fourth-order valence-electron chi connectivity index (χ4n) is 3.02. The maximum atomic E-state index is 12.4. The van der Waals surface area contributed by atoms with Gasteiger partial charge in [-0.05, 0) is 13.3 Å². The molecule has 0 saturated carbocycles. The van der Waals surface area contributed by atoms with E-state index < -0.39 is 21.8 Å². The molecule has 0 bridgehead atoms. The van der Waals surface area contributed by atoms with Gasteiger partial charge in [-0.25, -0.2) is 17.9 Å². The number of sulfone groups is 1. The van der Waals surface area contributed by atoms with Gasteiger partial charge in [-0.2, -0.15) is 0 Å². The van der Waals surface area contributed by atoms with Gasteiger partial charge in [0.1, 0.15) is 0 Å². The minimum absolute atomic E-state index is 0.0456. The summed E-state index contributed by atoms with van der Waals surface area (Å²) in [6.45, 7) is 7.82. The molecule has 1 fully saturated rings.